The molecule has 1 heterocycles. The second kappa shape index (κ2) is 5.72. The summed E-state index contributed by atoms with van der Waals surface area (Å²) in [4.78, 5) is 2.47. The summed E-state index contributed by atoms with van der Waals surface area (Å²) in [5.74, 6) is 0. The lowest BCUT2D eigenvalue weighted by Crippen LogP contribution is -2.36. The van der Waals surface area contributed by atoms with Crippen LogP contribution in [0.5, 0.6) is 0 Å². The number of hydrogen-bond donors (Lipinski definition) is 0. The molecule has 1 aliphatic heterocycles. The molecule has 2 nitrogen and oxygen atoms in total. The molecule has 0 atom stereocenters. The molecule has 0 spiro atoms. The first-order valence-corrected chi connectivity index (χ1v) is 10.2. The number of ether oxygens (including phenoxy) is 1. The molecule has 0 radical (unpaired) electrons. The number of nitrogens with zero attached hydrogens (tertiary/aromatic N) is 1. The van der Waals surface area contributed by atoms with E-state index in [2.05, 4.69) is 60.6 Å². The Kier molecular flexibility index (Phi) is 4.25. The first-order valence-electron chi connectivity index (χ1n) is 6.67. The Hall–Kier alpha value is -1.06. The Morgan fingerprint density at radius 2 is 1.72 bits per heavy atom. The van der Waals surface area contributed by atoms with Gasteiger partial charge in [0.2, 0.25) is 0 Å². The maximum absolute atomic E-state index is 5.46. The van der Waals surface area contributed by atoms with Crippen molar-refractivity contribution in [1.82, 2.24) is 4.90 Å². The fourth-order valence-corrected chi connectivity index (χ4v) is 3.35. The quantitative estimate of drug-likeness (QED) is 0.775. The summed E-state index contributed by atoms with van der Waals surface area (Å²) in [6.07, 6.45) is 0. The van der Waals surface area contributed by atoms with Crippen LogP contribution in [0, 0.1) is 0 Å². The van der Waals surface area contributed by atoms with Gasteiger partial charge < -0.3 is 9.64 Å². The van der Waals surface area contributed by atoms with Gasteiger partial charge in [-0.3, -0.25) is 0 Å². The molecular weight excluding hydrogens is 238 g/mol. The van der Waals surface area contributed by atoms with Crippen molar-refractivity contribution in [3.63, 3.8) is 0 Å². The molecule has 18 heavy (non-hydrogen) atoms. The average molecular weight is 261 g/mol. The molecule has 0 amide bonds. The first-order chi connectivity index (χ1) is 8.56. The molecule has 2 rings (SSSR count). The van der Waals surface area contributed by atoms with E-state index in [1.165, 1.54) is 11.3 Å². The van der Waals surface area contributed by atoms with Crippen molar-refractivity contribution in [2.24, 2.45) is 0 Å². The molecule has 0 unspecified atom stereocenters. The molecular formula is C15H23NOSi. The third-order valence-corrected chi connectivity index (χ3v) is 4.13. The van der Waals surface area contributed by atoms with Crippen LogP contribution in [0.2, 0.25) is 19.6 Å². The molecule has 0 bridgehead atoms. The van der Waals surface area contributed by atoms with Gasteiger partial charge in [-0.15, -0.1) is 0 Å². The monoisotopic (exact) mass is 261 g/mol. The van der Waals surface area contributed by atoms with Crippen LogP contribution in [0.4, 0.5) is 0 Å². The Bertz CT molecular complexity index is 402. The van der Waals surface area contributed by atoms with Gasteiger partial charge in [0.05, 0.1) is 21.3 Å². The fraction of sp³-hybridized carbons (Fsp3) is 0.467. The third kappa shape index (κ3) is 3.72. The van der Waals surface area contributed by atoms with Crippen LogP contribution in [0.1, 0.15) is 5.56 Å². The molecule has 0 aliphatic carbocycles. The molecule has 1 fully saturated rings. The summed E-state index contributed by atoms with van der Waals surface area (Å²) < 4.78 is 5.46. The van der Waals surface area contributed by atoms with Gasteiger partial charge in [-0.05, 0) is 5.56 Å². The molecule has 98 valence electrons. The lowest BCUT2D eigenvalue weighted by Gasteiger charge is -2.32. The largest absolute Gasteiger partial charge is 0.378 e. The molecule has 0 aromatic heterocycles. The predicted octanol–water partition coefficient (Wildman–Crippen LogP) is 3.24. The van der Waals surface area contributed by atoms with Crippen LogP contribution in [0.3, 0.4) is 0 Å². The van der Waals surface area contributed by atoms with E-state index >= 15 is 0 Å². The van der Waals surface area contributed by atoms with Gasteiger partial charge >= 0.3 is 0 Å². The highest BCUT2D eigenvalue weighted by atomic mass is 28.3. The SMILES string of the molecule is C[Si](C)(C)/C=C(\c1ccccc1)N1CCOCC1. The smallest absolute Gasteiger partial charge is 0.0714 e. The lowest BCUT2D eigenvalue weighted by atomic mass is 10.1. The van der Waals surface area contributed by atoms with Crippen LogP contribution < -0.4 is 0 Å². The minimum absolute atomic E-state index is 0.843. The van der Waals surface area contributed by atoms with Gasteiger partial charge in [-0.25, -0.2) is 0 Å². The number of rotatable bonds is 3. The zero-order valence-electron chi connectivity index (χ0n) is 11.6. The zero-order valence-corrected chi connectivity index (χ0v) is 12.6. The zero-order chi connectivity index (χ0) is 13.0. The Labute approximate surface area is 111 Å². The van der Waals surface area contributed by atoms with Crippen LogP contribution in [-0.2, 0) is 4.74 Å². The van der Waals surface area contributed by atoms with Crippen molar-refractivity contribution >= 4 is 13.8 Å². The van der Waals surface area contributed by atoms with E-state index in [1.54, 1.807) is 0 Å². The second-order valence-corrected chi connectivity index (χ2v) is 10.9. The van der Waals surface area contributed by atoms with Gasteiger partial charge in [0.15, 0.2) is 0 Å². The maximum atomic E-state index is 5.46. The molecule has 1 aliphatic rings. The number of hydrogen-bond acceptors (Lipinski definition) is 2. The summed E-state index contributed by atoms with van der Waals surface area (Å²) in [6.45, 7) is 10.9. The highest BCUT2D eigenvalue weighted by Gasteiger charge is 2.19. The van der Waals surface area contributed by atoms with Gasteiger partial charge in [0.25, 0.3) is 0 Å². The van der Waals surface area contributed by atoms with Crippen molar-refractivity contribution in [1.29, 1.82) is 0 Å². The summed E-state index contributed by atoms with van der Waals surface area (Å²) in [6, 6.07) is 10.7. The van der Waals surface area contributed by atoms with Crippen molar-refractivity contribution < 1.29 is 4.74 Å². The molecule has 1 aromatic carbocycles. The standard InChI is InChI=1S/C15H23NOSi/c1-18(2,3)13-15(14-7-5-4-6-8-14)16-9-11-17-12-10-16/h4-8,13H,9-12H2,1-3H3/b15-13+. The van der Waals surface area contributed by atoms with Crippen LogP contribution in [-0.4, -0.2) is 39.3 Å². The molecule has 0 saturated carbocycles. The minimum Gasteiger partial charge on any atom is -0.378 e. The van der Waals surface area contributed by atoms with E-state index in [1.807, 2.05) is 0 Å². The van der Waals surface area contributed by atoms with E-state index in [-0.39, 0.29) is 0 Å². The van der Waals surface area contributed by atoms with E-state index in [0.717, 1.165) is 26.3 Å². The summed E-state index contributed by atoms with van der Waals surface area (Å²) in [5, 5.41) is 0. The van der Waals surface area contributed by atoms with E-state index in [0.29, 0.717) is 0 Å². The minimum atomic E-state index is -1.23. The number of benzene rings is 1. The van der Waals surface area contributed by atoms with Crippen molar-refractivity contribution in [2.45, 2.75) is 19.6 Å². The highest BCUT2D eigenvalue weighted by molar-refractivity contribution is 6.81. The molecule has 1 saturated heterocycles. The summed E-state index contributed by atoms with van der Waals surface area (Å²) in [5.41, 5.74) is 5.24. The third-order valence-electron chi connectivity index (χ3n) is 2.99. The van der Waals surface area contributed by atoms with E-state index < -0.39 is 8.07 Å². The lowest BCUT2D eigenvalue weighted by molar-refractivity contribution is 0.0640. The Balaban J connectivity index is 2.31. The Morgan fingerprint density at radius 1 is 1.11 bits per heavy atom. The maximum Gasteiger partial charge on any atom is 0.0714 e. The van der Waals surface area contributed by atoms with Crippen LogP contribution in [0.25, 0.3) is 5.70 Å². The summed E-state index contributed by atoms with van der Waals surface area (Å²) in [7, 11) is -1.23. The molecule has 0 N–H and O–H groups in total. The normalized spacial score (nSPS) is 17.9. The average Bonchev–Trinajstić information content (AvgIpc) is 2.37. The van der Waals surface area contributed by atoms with Gasteiger partial charge in [-0.2, -0.15) is 0 Å². The summed E-state index contributed by atoms with van der Waals surface area (Å²) >= 11 is 0. The van der Waals surface area contributed by atoms with Gasteiger partial charge in [-0.1, -0.05) is 55.7 Å². The van der Waals surface area contributed by atoms with E-state index in [9.17, 15) is 0 Å². The topological polar surface area (TPSA) is 12.5 Å². The van der Waals surface area contributed by atoms with E-state index in [4.69, 9.17) is 4.74 Å². The Morgan fingerprint density at radius 3 is 2.28 bits per heavy atom. The van der Waals surface area contributed by atoms with Crippen molar-refractivity contribution in [3.05, 3.63) is 41.6 Å². The predicted molar refractivity (Wildman–Crippen MR) is 80.2 cm³/mol. The van der Waals surface area contributed by atoms with Crippen LogP contribution in [0.15, 0.2) is 36.0 Å². The number of morpholine rings is 1. The second-order valence-electron chi connectivity index (χ2n) is 5.86. The fourth-order valence-electron chi connectivity index (χ4n) is 2.18. The van der Waals surface area contributed by atoms with Gasteiger partial charge in [0, 0.05) is 18.8 Å². The molecule has 3 heteroatoms. The van der Waals surface area contributed by atoms with Gasteiger partial charge in [0.1, 0.15) is 0 Å². The van der Waals surface area contributed by atoms with Crippen molar-refractivity contribution in [3.8, 4) is 0 Å². The highest BCUT2D eigenvalue weighted by Crippen LogP contribution is 2.23. The van der Waals surface area contributed by atoms with Crippen LogP contribution >= 0.6 is 0 Å². The molecule has 1 aromatic rings. The first kappa shape index (κ1) is 13.4. The van der Waals surface area contributed by atoms with Crippen molar-refractivity contribution in [2.75, 3.05) is 26.3 Å².